The largest absolute Gasteiger partial charge is 0.365 e. The Balaban J connectivity index is 0.00000114. The van der Waals surface area contributed by atoms with E-state index in [2.05, 4.69) is 87.7 Å². The van der Waals surface area contributed by atoms with Crippen molar-refractivity contribution in [3.05, 3.63) is 59.5 Å². The maximum Gasteiger partial charge on any atom is 0.182 e. The molecule has 3 rings (SSSR count). The van der Waals surface area contributed by atoms with E-state index in [1.54, 1.807) is 23.3 Å². The molecule has 0 saturated heterocycles. The number of nitrogens with zero attached hydrogens (tertiary/aromatic N) is 1. The number of hydrogen-bond donors (Lipinski definition) is 2. The van der Waals surface area contributed by atoms with E-state index in [1.165, 1.54) is 32.6 Å². The van der Waals surface area contributed by atoms with E-state index in [0.29, 0.717) is 0 Å². The van der Waals surface area contributed by atoms with Crippen LogP contribution in [0.2, 0.25) is 0 Å². The minimum Gasteiger partial charge on any atom is -0.365 e. The lowest BCUT2D eigenvalue weighted by Gasteiger charge is -2.07. The smallest absolute Gasteiger partial charge is 0.182 e. The molecule has 1 aromatic heterocycles. The van der Waals surface area contributed by atoms with Gasteiger partial charge in [0.15, 0.2) is 5.13 Å². The molecule has 0 spiro atoms. The van der Waals surface area contributed by atoms with Crippen molar-refractivity contribution >= 4 is 40.4 Å². The van der Waals surface area contributed by atoms with Crippen LogP contribution in [-0.4, -0.2) is 18.3 Å². The van der Waals surface area contributed by atoms with Gasteiger partial charge in [-0.3, -0.25) is 0 Å². The lowest BCUT2D eigenvalue weighted by molar-refractivity contribution is -0.106. The van der Waals surface area contributed by atoms with Crippen LogP contribution in [0, 0.1) is 11.8 Å². The molecule has 168 valence electrons. The summed E-state index contributed by atoms with van der Waals surface area (Å²) in [6.07, 6.45) is 6.81. The number of carbonyl (C=O) groups excluding carboxylic acids is 1. The summed E-state index contributed by atoms with van der Waals surface area (Å²) in [4.78, 5) is 14.5. The molecule has 0 amide bonds. The highest BCUT2D eigenvalue weighted by Gasteiger charge is 2.04. The zero-order valence-corrected chi connectivity index (χ0v) is 20.6. The van der Waals surface area contributed by atoms with Gasteiger partial charge >= 0.3 is 0 Å². The number of aldehydes is 1. The van der Waals surface area contributed by atoms with Gasteiger partial charge in [0.1, 0.15) is 6.29 Å². The molecule has 0 fully saturated rings. The summed E-state index contributed by atoms with van der Waals surface area (Å²) in [6.45, 7) is 3.68. The van der Waals surface area contributed by atoms with Crippen LogP contribution in [0.25, 0.3) is 11.3 Å². The normalized spacial score (nSPS) is 9.72. The fourth-order valence-corrected chi connectivity index (χ4v) is 4.11. The Morgan fingerprint density at radius 1 is 1.12 bits per heavy atom. The number of nitrogens with one attached hydrogen (secondary N) is 2. The zero-order chi connectivity index (χ0) is 23.0. The second-order valence-corrected chi connectivity index (χ2v) is 8.68. The first-order valence-electron chi connectivity index (χ1n) is 10.9. The van der Waals surface area contributed by atoms with E-state index in [9.17, 15) is 0 Å². The molecule has 0 atom stereocenters. The number of anilines is 2. The predicted molar refractivity (Wildman–Crippen MR) is 140 cm³/mol. The van der Waals surface area contributed by atoms with Crippen molar-refractivity contribution in [2.24, 2.45) is 0 Å². The molecule has 1 heterocycles. The third-order valence-electron chi connectivity index (χ3n) is 4.41. The summed E-state index contributed by atoms with van der Waals surface area (Å²) in [5.74, 6) is 6.55. The molecule has 32 heavy (non-hydrogen) atoms. The summed E-state index contributed by atoms with van der Waals surface area (Å²) < 4.78 is 3.42. The van der Waals surface area contributed by atoms with Crippen LogP contribution in [0.5, 0.6) is 0 Å². The van der Waals surface area contributed by atoms with E-state index >= 15 is 0 Å². The molecule has 0 radical (unpaired) electrons. The molecule has 3 aromatic rings. The van der Waals surface area contributed by atoms with Crippen LogP contribution in [-0.2, 0) is 4.79 Å². The molecule has 0 aliphatic heterocycles. The van der Waals surface area contributed by atoms with E-state index in [1.807, 2.05) is 7.05 Å². The van der Waals surface area contributed by atoms with Crippen LogP contribution in [0.1, 0.15) is 51.5 Å². The Hall–Kier alpha value is -2.75. The lowest BCUT2D eigenvalue weighted by Crippen LogP contribution is -1.89. The minimum atomic E-state index is 0.750. The molecular formula is C26H31N3OS2. The molecular weight excluding hydrogens is 434 g/mol. The van der Waals surface area contributed by atoms with Gasteiger partial charge < -0.3 is 14.8 Å². The van der Waals surface area contributed by atoms with Crippen molar-refractivity contribution in [1.29, 1.82) is 0 Å². The van der Waals surface area contributed by atoms with Crippen molar-refractivity contribution in [1.82, 2.24) is 4.98 Å². The van der Waals surface area contributed by atoms with Gasteiger partial charge in [0, 0.05) is 40.6 Å². The SMILES string of the molecule is CC=O.CCCCCCC#Cc1ccc(SNc2cccc(-c3csc(NC)n3)c2)cc1. The summed E-state index contributed by atoms with van der Waals surface area (Å²) in [5, 5.41) is 6.08. The third-order valence-corrected chi connectivity index (χ3v) is 6.11. The van der Waals surface area contributed by atoms with Crippen molar-refractivity contribution in [2.75, 3.05) is 17.1 Å². The molecule has 0 aliphatic rings. The average Bonchev–Trinajstić information content (AvgIpc) is 3.31. The summed E-state index contributed by atoms with van der Waals surface area (Å²) in [6, 6.07) is 16.7. The molecule has 0 unspecified atom stereocenters. The number of unbranched alkanes of at least 4 members (excludes halogenated alkanes) is 4. The van der Waals surface area contributed by atoms with Gasteiger partial charge in [-0.2, -0.15) is 0 Å². The second-order valence-electron chi connectivity index (χ2n) is 6.95. The van der Waals surface area contributed by atoms with E-state index in [4.69, 9.17) is 4.79 Å². The molecule has 0 aliphatic carbocycles. The fourth-order valence-electron chi connectivity index (χ4n) is 2.79. The maximum atomic E-state index is 8.81. The number of carbonyl (C=O) groups is 1. The van der Waals surface area contributed by atoms with Crippen LogP contribution < -0.4 is 10.0 Å². The van der Waals surface area contributed by atoms with Crippen LogP contribution in [0.15, 0.2) is 58.8 Å². The van der Waals surface area contributed by atoms with Crippen LogP contribution >= 0.6 is 23.3 Å². The van der Waals surface area contributed by atoms with E-state index in [-0.39, 0.29) is 0 Å². The van der Waals surface area contributed by atoms with Crippen LogP contribution in [0.4, 0.5) is 10.8 Å². The molecule has 0 bridgehead atoms. The Kier molecular flexibility index (Phi) is 12.1. The quantitative estimate of drug-likeness (QED) is 0.148. The number of aromatic nitrogens is 1. The first-order valence-corrected chi connectivity index (χ1v) is 12.5. The van der Waals surface area contributed by atoms with Gasteiger partial charge in [-0.1, -0.05) is 50.2 Å². The molecule has 0 saturated carbocycles. The van der Waals surface area contributed by atoms with Crippen molar-refractivity contribution in [3.8, 4) is 23.1 Å². The number of benzene rings is 2. The van der Waals surface area contributed by atoms with Gasteiger partial charge in [0.05, 0.1) is 5.69 Å². The van der Waals surface area contributed by atoms with Gasteiger partial charge in [-0.05, 0) is 61.7 Å². The third kappa shape index (κ3) is 9.17. The molecule has 4 nitrogen and oxygen atoms in total. The Morgan fingerprint density at radius 3 is 2.59 bits per heavy atom. The molecule has 6 heteroatoms. The van der Waals surface area contributed by atoms with Crippen molar-refractivity contribution in [2.45, 2.75) is 50.8 Å². The molecule has 2 aromatic carbocycles. The zero-order valence-electron chi connectivity index (χ0n) is 19.0. The van der Waals surface area contributed by atoms with Crippen LogP contribution in [0.3, 0.4) is 0 Å². The van der Waals surface area contributed by atoms with E-state index < -0.39 is 0 Å². The predicted octanol–water partition coefficient (Wildman–Crippen LogP) is 7.50. The summed E-state index contributed by atoms with van der Waals surface area (Å²) in [7, 11) is 1.89. The van der Waals surface area contributed by atoms with Gasteiger partial charge in [0.2, 0.25) is 0 Å². The fraction of sp³-hybridized carbons (Fsp3) is 0.308. The topological polar surface area (TPSA) is 54.0 Å². The number of thiazole rings is 1. The standard InChI is InChI=1S/C24H27N3S2.C2H4O/c1-3-4-5-6-7-8-10-19-13-15-22(16-14-19)29-27-21-12-9-11-20(17-21)23-18-28-24(25-2)26-23;1-2-3/h9,11-18,27H,3-7H2,1-2H3,(H,25,26);2H,1H3. The number of rotatable bonds is 9. The summed E-state index contributed by atoms with van der Waals surface area (Å²) >= 11 is 3.22. The number of hydrogen-bond acceptors (Lipinski definition) is 6. The summed E-state index contributed by atoms with van der Waals surface area (Å²) in [5.41, 5.74) is 4.24. The van der Waals surface area contributed by atoms with Gasteiger partial charge in [-0.25, -0.2) is 4.98 Å². The van der Waals surface area contributed by atoms with Crippen molar-refractivity contribution in [3.63, 3.8) is 0 Å². The Bertz CT molecular complexity index is 1000. The highest BCUT2D eigenvalue weighted by atomic mass is 32.2. The minimum absolute atomic E-state index is 0.750. The Morgan fingerprint density at radius 2 is 1.91 bits per heavy atom. The van der Waals surface area contributed by atoms with Gasteiger partial charge in [0.25, 0.3) is 0 Å². The monoisotopic (exact) mass is 465 g/mol. The Labute approximate surface area is 200 Å². The molecule has 2 N–H and O–H groups in total. The highest BCUT2D eigenvalue weighted by Crippen LogP contribution is 2.28. The highest BCUT2D eigenvalue weighted by molar-refractivity contribution is 8.00. The second kappa shape index (κ2) is 15.1. The average molecular weight is 466 g/mol. The van der Waals surface area contributed by atoms with Crippen molar-refractivity contribution < 1.29 is 4.79 Å². The van der Waals surface area contributed by atoms with E-state index in [0.717, 1.165) is 45.2 Å². The first-order chi connectivity index (χ1) is 15.7. The van der Waals surface area contributed by atoms with Gasteiger partial charge in [-0.15, -0.1) is 11.3 Å². The lowest BCUT2D eigenvalue weighted by atomic mass is 10.1. The first kappa shape index (κ1) is 25.5. The maximum absolute atomic E-state index is 8.81.